The molecule has 0 heterocycles. The first-order chi connectivity index (χ1) is 4.72. The molecule has 0 radical (unpaired) electrons. The molecule has 9 heavy (non-hydrogen) atoms. The highest BCUT2D eigenvalue weighted by molar-refractivity contribution is 5.93. The van der Waals surface area contributed by atoms with Crippen molar-refractivity contribution in [3.63, 3.8) is 0 Å². The van der Waals surface area contributed by atoms with Gasteiger partial charge in [-0.2, -0.15) is 0 Å². The Morgan fingerprint density at radius 1 is 1.67 bits per heavy atom. The van der Waals surface area contributed by atoms with E-state index >= 15 is 0 Å². The van der Waals surface area contributed by atoms with Crippen LogP contribution in [-0.2, 0) is 4.79 Å². The normalized spacial score (nSPS) is 20.6. The summed E-state index contributed by atoms with van der Waals surface area (Å²) in [5.41, 5.74) is 1.89. The van der Waals surface area contributed by atoms with Crippen LogP contribution in [0.5, 0.6) is 0 Å². The van der Waals surface area contributed by atoms with Crippen molar-refractivity contribution >= 4 is 5.78 Å². The van der Waals surface area contributed by atoms with E-state index in [0.717, 1.165) is 11.1 Å². The Hall–Kier alpha value is -0.850. The molecule has 0 aromatic heterocycles. The molecule has 1 rings (SSSR count). The lowest BCUT2D eigenvalue weighted by Gasteiger charge is -2.04. The summed E-state index contributed by atoms with van der Waals surface area (Å²) in [6, 6.07) is 0. The van der Waals surface area contributed by atoms with Gasteiger partial charge < -0.3 is 0 Å². The maximum Gasteiger partial charge on any atom is 0.159 e. The Kier molecular flexibility index (Phi) is 1.20. The number of carbonyl (C=O) groups is 1. The second-order valence-electron chi connectivity index (χ2n) is 2.33. The molecule has 1 aliphatic rings. The summed E-state index contributed by atoms with van der Waals surface area (Å²) >= 11 is 0. The van der Waals surface area contributed by atoms with Crippen molar-refractivity contribution in [3.8, 4) is 0 Å². The fourth-order valence-electron chi connectivity index (χ4n) is 0.943. The fraction of sp³-hybridized carbons (Fsp3) is 0.375. The van der Waals surface area contributed by atoms with Crippen LogP contribution < -0.4 is 0 Å². The molecule has 0 unspecified atom stereocenters. The maximum atomic E-state index is 10.8. The van der Waals surface area contributed by atoms with Gasteiger partial charge in [0.1, 0.15) is 0 Å². The number of carbonyl (C=O) groups excluding carboxylic acids is 1. The molecule has 1 heteroatoms. The van der Waals surface area contributed by atoms with Crippen LogP contribution in [0.25, 0.3) is 0 Å². The second kappa shape index (κ2) is 2.18. The van der Waals surface area contributed by atoms with E-state index in [1.54, 1.807) is 6.08 Å². The third kappa shape index (κ3) is 1.53. The van der Waals surface area contributed by atoms with Crippen molar-refractivity contribution in [1.82, 2.24) is 0 Å². The van der Waals surface area contributed by atoms with Crippen LogP contribution in [0.15, 0.2) is 23.3 Å². The molecule has 0 amide bonds. The first-order valence-electron chi connectivity index (χ1n) is 3.63. The quantitative estimate of drug-likeness (QED) is 0.480. The molecule has 1 nitrogen and oxygen atoms in total. The Labute approximate surface area is 56.5 Å². The Balaban J connectivity index is 2.80. The molecular weight excluding hydrogens is 112 g/mol. The molecule has 0 bridgehead atoms. The number of ketones is 1. The van der Waals surface area contributed by atoms with E-state index < -0.39 is 0 Å². The van der Waals surface area contributed by atoms with E-state index in [2.05, 4.69) is 0 Å². The zero-order valence-corrected chi connectivity index (χ0v) is 5.48. The van der Waals surface area contributed by atoms with Gasteiger partial charge in [0.15, 0.2) is 5.78 Å². The summed E-state index contributed by atoms with van der Waals surface area (Å²) in [5.74, 6) is 0.127. The minimum absolute atomic E-state index is 0.127. The average Bonchev–Trinajstić information content (AvgIpc) is 1.85. The molecule has 0 N–H and O–H groups in total. The monoisotopic (exact) mass is 123 g/mol. The zero-order valence-electron chi connectivity index (χ0n) is 6.48. The highest BCUT2D eigenvalue weighted by Crippen LogP contribution is 2.12. The predicted molar refractivity (Wildman–Crippen MR) is 37.1 cm³/mol. The lowest BCUT2D eigenvalue weighted by molar-refractivity contribution is -0.114. The average molecular weight is 123 g/mol. The van der Waals surface area contributed by atoms with Crippen molar-refractivity contribution in [1.29, 1.82) is 0 Å². The Morgan fingerprint density at radius 3 is 3.00 bits per heavy atom. The van der Waals surface area contributed by atoms with Gasteiger partial charge in [0, 0.05) is 7.79 Å². The van der Waals surface area contributed by atoms with Crippen molar-refractivity contribution in [3.05, 3.63) is 23.3 Å². The summed E-state index contributed by atoms with van der Waals surface area (Å²) in [6.45, 7) is 2.13. The maximum absolute atomic E-state index is 10.8. The first-order valence-corrected chi connectivity index (χ1v) is 2.92. The van der Waals surface area contributed by atoms with Crippen molar-refractivity contribution in [2.24, 2.45) is 0 Å². The van der Waals surface area contributed by atoms with E-state index in [-0.39, 0.29) is 12.7 Å². The van der Waals surface area contributed by atoms with Gasteiger partial charge in [-0.25, -0.2) is 0 Å². The number of hydrogen-bond acceptors (Lipinski definition) is 1. The number of hydrogen-bond donors (Lipinski definition) is 0. The van der Waals surface area contributed by atoms with Crippen LogP contribution in [-0.4, -0.2) is 5.78 Å². The summed E-state index contributed by atoms with van der Waals surface area (Å²) in [6.07, 6.45) is 3.98. The highest BCUT2D eigenvalue weighted by Gasteiger charge is 2.04. The summed E-state index contributed by atoms with van der Waals surface area (Å²) in [4.78, 5) is 10.8. The molecule has 0 aliphatic heterocycles. The molecule has 1 aliphatic carbocycles. The van der Waals surface area contributed by atoms with Crippen molar-refractivity contribution < 1.29 is 6.17 Å². The molecule has 0 saturated carbocycles. The van der Waals surface area contributed by atoms with Gasteiger partial charge in [0.2, 0.25) is 0 Å². The lowest BCUT2D eigenvalue weighted by atomic mass is 10.0. The van der Waals surface area contributed by atoms with Gasteiger partial charge in [-0.3, -0.25) is 4.79 Å². The summed E-state index contributed by atoms with van der Waals surface area (Å²) in [5, 5.41) is 0. The third-order valence-corrected chi connectivity index (χ3v) is 1.22. The van der Waals surface area contributed by atoms with Gasteiger partial charge in [-0.1, -0.05) is 11.6 Å². The van der Waals surface area contributed by atoms with E-state index in [0.29, 0.717) is 6.42 Å². The highest BCUT2D eigenvalue weighted by atomic mass is 16.1. The second-order valence-corrected chi connectivity index (χ2v) is 2.33. The summed E-state index contributed by atoms with van der Waals surface area (Å²) in [7, 11) is 0. The Bertz CT molecular complexity index is 213. The summed E-state index contributed by atoms with van der Waals surface area (Å²) < 4.78 is 7.03. The standard InChI is InChI=1S/C8H10O/c1-6-3-7(2)5-8(9)4-6/h3-4H,5H2,1-2H3/i2D. The molecule has 0 spiro atoms. The zero-order chi connectivity index (χ0) is 7.56. The molecule has 0 aromatic rings. The van der Waals surface area contributed by atoms with Crippen LogP contribution >= 0.6 is 0 Å². The Morgan fingerprint density at radius 2 is 2.44 bits per heavy atom. The minimum atomic E-state index is 0.127. The SMILES string of the molecule is [2H]CC1=CC(C)=CC(=O)C1. The molecule has 0 saturated heterocycles. The van der Waals surface area contributed by atoms with Gasteiger partial charge in [-0.05, 0) is 25.5 Å². The van der Waals surface area contributed by atoms with Gasteiger partial charge >= 0.3 is 0 Å². The molecule has 0 aromatic carbocycles. The van der Waals surface area contributed by atoms with Crippen molar-refractivity contribution in [2.45, 2.75) is 20.2 Å². The van der Waals surface area contributed by atoms with Crippen LogP contribution in [0.3, 0.4) is 0 Å². The number of rotatable bonds is 0. The van der Waals surface area contributed by atoms with Crippen molar-refractivity contribution in [2.75, 3.05) is 0 Å². The molecule has 0 fully saturated rings. The molecule has 48 valence electrons. The van der Waals surface area contributed by atoms with Crippen LogP contribution in [0.1, 0.15) is 21.6 Å². The van der Waals surface area contributed by atoms with Gasteiger partial charge in [0.05, 0.1) is 0 Å². The van der Waals surface area contributed by atoms with E-state index in [1.165, 1.54) is 0 Å². The largest absolute Gasteiger partial charge is 0.294 e. The topological polar surface area (TPSA) is 17.1 Å². The number of allylic oxidation sites excluding steroid dienone is 4. The smallest absolute Gasteiger partial charge is 0.159 e. The van der Waals surface area contributed by atoms with E-state index in [4.69, 9.17) is 1.37 Å². The fourth-order valence-corrected chi connectivity index (χ4v) is 0.943. The minimum Gasteiger partial charge on any atom is -0.294 e. The van der Waals surface area contributed by atoms with E-state index in [1.807, 2.05) is 13.0 Å². The first kappa shape index (κ1) is 4.98. The van der Waals surface area contributed by atoms with Crippen LogP contribution in [0.4, 0.5) is 0 Å². The third-order valence-electron chi connectivity index (χ3n) is 1.22. The van der Waals surface area contributed by atoms with E-state index in [9.17, 15) is 4.79 Å². The van der Waals surface area contributed by atoms with Gasteiger partial charge in [0.25, 0.3) is 0 Å². The molecule has 0 atom stereocenters. The van der Waals surface area contributed by atoms with Crippen LogP contribution in [0.2, 0.25) is 0 Å². The lowest BCUT2D eigenvalue weighted by Crippen LogP contribution is -1.99. The van der Waals surface area contributed by atoms with Gasteiger partial charge in [-0.15, -0.1) is 0 Å². The van der Waals surface area contributed by atoms with Crippen LogP contribution in [0, 0.1) is 0 Å². The molecular formula is C8H10O. The predicted octanol–water partition coefficient (Wildman–Crippen LogP) is 1.85.